The van der Waals surface area contributed by atoms with Crippen molar-refractivity contribution in [1.29, 1.82) is 0 Å². The molecule has 3 N–H and O–H groups in total. The number of hydrogen-bond donors (Lipinski definition) is 3. The zero-order chi connectivity index (χ0) is 29.9. The zero-order valence-electron chi connectivity index (χ0n) is 22.9. The van der Waals surface area contributed by atoms with E-state index in [1.54, 1.807) is 66.7 Å². The normalized spacial score (nSPS) is 10.9. The van der Waals surface area contributed by atoms with Crippen LogP contribution in [0, 0.1) is 0 Å². The predicted octanol–water partition coefficient (Wildman–Crippen LogP) is 7.68. The summed E-state index contributed by atoms with van der Waals surface area (Å²) in [6.07, 6.45) is 1.65. The number of anilines is 2. The molecule has 3 amide bonds. The highest BCUT2D eigenvalue weighted by Crippen LogP contribution is 2.24. The van der Waals surface area contributed by atoms with Gasteiger partial charge in [0, 0.05) is 26.7 Å². The van der Waals surface area contributed by atoms with Crippen molar-refractivity contribution in [2.24, 2.45) is 0 Å². The molecule has 1 heterocycles. The van der Waals surface area contributed by atoms with Crippen molar-refractivity contribution >= 4 is 58.3 Å². The van der Waals surface area contributed by atoms with Gasteiger partial charge in [-0.25, -0.2) is 0 Å². The fraction of sp³-hybridized carbons (Fsp3) is 0.0294. The number of carbonyl (C=O) groups is 3. The number of thiophene rings is 1. The Morgan fingerprint density at radius 2 is 1.33 bits per heavy atom. The topological polar surface area (TPSA) is 96.5 Å². The lowest BCUT2D eigenvalue weighted by molar-refractivity contribution is -0.114. The van der Waals surface area contributed by atoms with Crippen molar-refractivity contribution in [2.45, 2.75) is 4.90 Å². The summed E-state index contributed by atoms with van der Waals surface area (Å²) >= 11 is 2.84. The van der Waals surface area contributed by atoms with Gasteiger partial charge >= 0.3 is 0 Å². The van der Waals surface area contributed by atoms with Gasteiger partial charge in [-0.2, -0.15) is 0 Å². The second-order valence-electron chi connectivity index (χ2n) is 9.15. The molecular weight excluding hydrogens is 579 g/mol. The van der Waals surface area contributed by atoms with Crippen LogP contribution in [-0.2, 0) is 9.59 Å². The summed E-state index contributed by atoms with van der Waals surface area (Å²) in [5, 5.41) is 10.4. The van der Waals surface area contributed by atoms with Gasteiger partial charge in [0.05, 0.1) is 5.75 Å². The molecule has 1 aromatic heterocycles. The number of rotatable bonds is 11. The highest BCUT2D eigenvalue weighted by Gasteiger charge is 2.15. The lowest BCUT2D eigenvalue weighted by Gasteiger charge is -2.11. The molecule has 0 radical (unpaired) electrons. The van der Waals surface area contributed by atoms with Crippen molar-refractivity contribution in [3.8, 4) is 11.5 Å². The molecular formula is C34H27N3O4S2. The average molecular weight is 606 g/mol. The van der Waals surface area contributed by atoms with Crippen molar-refractivity contribution in [3.63, 3.8) is 0 Å². The Bertz CT molecular complexity index is 1690. The minimum absolute atomic E-state index is 0.131. The summed E-state index contributed by atoms with van der Waals surface area (Å²) in [5.41, 5.74) is 1.82. The molecule has 7 nitrogen and oxygen atoms in total. The number of carbonyl (C=O) groups excluding carboxylic acids is 3. The molecule has 4 aromatic carbocycles. The summed E-state index contributed by atoms with van der Waals surface area (Å²) in [7, 11) is 0. The van der Waals surface area contributed by atoms with Crippen molar-refractivity contribution in [1.82, 2.24) is 5.32 Å². The first-order chi connectivity index (χ1) is 21.0. The van der Waals surface area contributed by atoms with Crippen LogP contribution in [0.25, 0.3) is 6.08 Å². The van der Waals surface area contributed by atoms with E-state index < -0.39 is 5.91 Å². The van der Waals surface area contributed by atoms with E-state index in [1.807, 2.05) is 66.0 Å². The van der Waals surface area contributed by atoms with E-state index in [4.69, 9.17) is 4.74 Å². The third-order valence-corrected chi connectivity index (χ3v) is 7.79. The van der Waals surface area contributed by atoms with E-state index in [9.17, 15) is 14.4 Å². The molecule has 0 atom stereocenters. The maximum absolute atomic E-state index is 13.1. The molecule has 0 bridgehead atoms. The lowest BCUT2D eigenvalue weighted by atomic mass is 10.2. The Balaban J connectivity index is 1.13. The van der Waals surface area contributed by atoms with Gasteiger partial charge in [-0.1, -0.05) is 42.5 Å². The zero-order valence-corrected chi connectivity index (χ0v) is 24.5. The maximum atomic E-state index is 13.1. The first kappa shape index (κ1) is 29.4. The Hall–Kier alpha value is -5.12. The van der Waals surface area contributed by atoms with Gasteiger partial charge in [-0.3, -0.25) is 14.4 Å². The molecule has 0 aliphatic heterocycles. The third kappa shape index (κ3) is 8.93. The molecule has 9 heteroatoms. The van der Waals surface area contributed by atoms with Gasteiger partial charge < -0.3 is 20.7 Å². The van der Waals surface area contributed by atoms with Crippen LogP contribution in [0.1, 0.15) is 15.2 Å². The molecule has 0 aliphatic carbocycles. The summed E-state index contributed by atoms with van der Waals surface area (Å²) in [4.78, 5) is 40.1. The minimum Gasteiger partial charge on any atom is -0.457 e. The molecule has 214 valence electrons. The molecule has 5 aromatic rings. The number of ether oxygens (including phenoxy) is 1. The van der Waals surface area contributed by atoms with Crippen LogP contribution in [0.3, 0.4) is 0 Å². The lowest BCUT2D eigenvalue weighted by Crippen LogP contribution is -2.30. The molecule has 0 unspecified atom stereocenters. The summed E-state index contributed by atoms with van der Waals surface area (Å²) in [6, 6.07) is 36.3. The first-order valence-electron chi connectivity index (χ1n) is 13.3. The van der Waals surface area contributed by atoms with E-state index in [-0.39, 0.29) is 23.3 Å². The monoisotopic (exact) mass is 605 g/mol. The maximum Gasteiger partial charge on any atom is 0.272 e. The Morgan fingerprint density at radius 3 is 2.00 bits per heavy atom. The molecule has 0 saturated heterocycles. The standard InChI is InChI=1S/C34H27N3O4S2/c38-32(35-25-13-17-28(18-14-25)41-27-10-5-2-6-11-27)23-43-29-19-15-26(16-20-29)36-34(40)31(22-30-12-7-21-42-30)37-33(39)24-8-3-1-4-9-24/h1-22H,23H2,(H,35,38)(H,36,40)(H,37,39)/b31-22-. The SMILES string of the molecule is O=C(CSc1ccc(NC(=O)/C(=C/c2cccs2)NC(=O)c2ccccc2)cc1)Nc1ccc(Oc2ccccc2)cc1. The van der Waals surface area contributed by atoms with Crippen LogP contribution < -0.4 is 20.7 Å². The van der Waals surface area contributed by atoms with Gasteiger partial charge in [-0.15, -0.1) is 23.1 Å². The number of para-hydroxylation sites is 1. The van der Waals surface area contributed by atoms with E-state index in [1.165, 1.54) is 23.1 Å². The fourth-order valence-electron chi connectivity index (χ4n) is 3.87. The number of nitrogens with one attached hydrogen (secondary N) is 3. The van der Waals surface area contributed by atoms with Crippen LogP contribution in [0.2, 0.25) is 0 Å². The third-order valence-electron chi connectivity index (χ3n) is 5.96. The minimum atomic E-state index is -0.447. The van der Waals surface area contributed by atoms with Crippen LogP contribution in [0.5, 0.6) is 11.5 Å². The van der Waals surface area contributed by atoms with Gasteiger partial charge in [0.1, 0.15) is 17.2 Å². The van der Waals surface area contributed by atoms with Crippen LogP contribution in [-0.4, -0.2) is 23.5 Å². The summed E-state index contributed by atoms with van der Waals surface area (Å²) in [6.45, 7) is 0. The first-order valence-corrected chi connectivity index (χ1v) is 15.2. The Morgan fingerprint density at radius 1 is 0.698 bits per heavy atom. The summed E-state index contributed by atoms with van der Waals surface area (Å²) < 4.78 is 5.78. The Kier molecular flexibility index (Phi) is 10.0. The number of amides is 3. The van der Waals surface area contributed by atoms with E-state index in [0.29, 0.717) is 22.7 Å². The van der Waals surface area contributed by atoms with Gasteiger partial charge in [-0.05, 0) is 90.3 Å². The van der Waals surface area contributed by atoms with Crippen LogP contribution in [0.15, 0.2) is 137 Å². The largest absolute Gasteiger partial charge is 0.457 e. The van der Waals surface area contributed by atoms with Gasteiger partial charge in [0.15, 0.2) is 0 Å². The van der Waals surface area contributed by atoms with Crippen molar-refractivity contribution < 1.29 is 19.1 Å². The molecule has 0 saturated carbocycles. The van der Waals surface area contributed by atoms with E-state index in [2.05, 4.69) is 16.0 Å². The van der Waals surface area contributed by atoms with Crippen molar-refractivity contribution in [3.05, 3.63) is 143 Å². The van der Waals surface area contributed by atoms with E-state index in [0.717, 1.165) is 15.5 Å². The number of thioether (sulfide) groups is 1. The molecule has 0 spiro atoms. The summed E-state index contributed by atoms with van der Waals surface area (Å²) in [5.74, 6) is 0.673. The molecule has 5 rings (SSSR count). The molecule has 43 heavy (non-hydrogen) atoms. The number of hydrogen-bond acceptors (Lipinski definition) is 6. The highest BCUT2D eigenvalue weighted by molar-refractivity contribution is 8.00. The smallest absolute Gasteiger partial charge is 0.272 e. The van der Waals surface area contributed by atoms with E-state index >= 15 is 0 Å². The van der Waals surface area contributed by atoms with Gasteiger partial charge in [0.2, 0.25) is 5.91 Å². The molecule has 0 aliphatic rings. The predicted molar refractivity (Wildman–Crippen MR) is 174 cm³/mol. The van der Waals surface area contributed by atoms with Crippen molar-refractivity contribution in [2.75, 3.05) is 16.4 Å². The highest BCUT2D eigenvalue weighted by atomic mass is 32.2. The molecule has 0 fully saturated rings. The van der Waals surface area contributed by atoms with Crippen LogP contribution in [0.4, 0.5) is 11.4 Å². The second kappa shape index (κ2) is 14.7. The average Bonchev–Trinajstić information content (AvgIpc) is 3.55. The Labute approximate surface area is 257 Å². The second-order valence-corrected chi connectivity index (χ2v) is 11.2. The fourth-order valence-corrected chi connectivity index (χ4v) is 5.22. The quantitative estimate of drug-likeness (QED) is 0.106. The van der Waals surface area contributed by atoms with Gasteiger partial charge in [0.25, 0.3) is 11.8 Å². The number of benzene rings is 4. The van der Waals surface area contributed by atoms with Crippen LogP contribution >= 0.6 is 23.1 Å².